The van der Waals surface area contributed by atoms with E-state index in [0.717, 1.165) is 36.0 Å². The van der Waals surface area contributed by atoms with E-state index in [9.17, 15) is 0 Å². The van der Waals surface area contributed by atoms with Gasteiger partial charge in [0, 0.05) is 18.1 Å². The van der Waals surface area contributed by atoms with Crippen molar-refractivity contribution in [2.75, 3.05) is 20.8 Å². The maximum absolute atomic E-state index is 6.42. The lowest BCUT2D eigenvalue weighted by Gasteiger charge is -2.38. The maximum atomic E-state index is 6.42. The molecule has 0 fully saturated rings. The van der Waals surface area contributed by atoms with Crippen LogP contribution in [-0.4, -0.2) is 25.7 Å². The van der Waals surface area contributed by atoms with Crippen molar-refractivity contribution in [1.82, 2.24) is 4.90 Å². The Bertz CT molecular complexity index is 1270. The largest absolute Gasteiger partial charge is 0.493 e. The summed E-state index contributed by atoms with van der Waals surface area (Å²) in [6, 6.07) is 31.9. The molecule has 1 heterocycles. The van der Waals surface area contributed by atoms with Crippen molar-refractivity contribution >= 4 is 11.6 Å². The summed E-state index contributed by atoms with van der Waals surface area (Å²) in [7, 11) is 3.38. The first-order chi connectivity index (χ1) is 16.7. The number of fused-ring (bicyclic) bond motifs is 1. The first-order valence-electron chi connectivity index (χ1n) is 11.5. The first kappa shape index (κ1) is 22.5. The fraction of sp³-hybridized carbons (Fsp3) is 0.200. The number of methoxy groups -OCH3 is 2. The Morgan fingerprint density at radius 3 is 2.21 bits per heavy atom. The molecular formula is C30H28ClNO2. The zero-order valence-corrected chi connectivity index (χ0v) is 20.3. The summed E-state index contributed by atoms with van der Waals surface area (Å²) in [6.45, 7) is 1.79. The maximum Gasteiger partial charge on any atom is 0.161 e. The summed E-state index contributed by atoms with van der Waals surface area (Å²) in [5, 5.41) is 0.747. The van der Waals surface area contributed by atoms with E-state index in [0.29, 0.717) is 0 Å². The van der Waals surface area contributed by atoms with Crippen molar-refractivity contribution in [1.29, 1.82) is 0 Å². The summed E-state index contributed by atoms with van der Waals surface area (Å²) in [5.41, 5.74) is 7.47. The molecule has 1 aliphatic rings. The zero-order chi connectivity index (χ0) is 23.5. The van der Waals surface area contributed by atoms with Gasteiger partial charge in [0.1, 0.15) is 0 Å². The molecule has 0 spiro atoms. The summed E-state index contributed by atoms with van der Waals surface area (Å²) < 4.78 is 11.2. The third-order valence-corrected chi connectivity index (χ3v) is 6.82. The van der Waals surface area contributed by atoms with Crippen LogP contribution in [0.2, 0.25) is 5.02 Å². The highest BCUT2D eigenvalue weighted by atomic mass is 35.5. The van der Waals surface area contributed by atoms with E-state index in [-0.39, 0.29) is 6.04 Å². The van der Waals surface area contributed by atoms with Crippen molar-refractivity contribution in [3.8, 4) is 22.6 Å². The molecule has 172 valence electrons. The predicted molar refractivity (Wildman–Crippen MR) is 139 cm³/mol. The predicted octanol–water partition coefficient (Wildman–Crippen LogP) is 7.17. The fourth-order valence-corrected chi connectivity index (χ4v) is 5.10. The zero-order valence-electron chi connectivity index (χ0n) is 19.5. The van der Waals surface area contributed by atoms with Crippen LogP contribution in [0.15, 0.2) is 91.0 Å². The topological polar surface area (TPSA) is 21.7 Å². The second-order valence-electron chi connectivity index (χ2n) is 8.65. The van der Waals surface area contributed by atoms with E-state index in [4.69, 9.17) is 21.1 Å². The number of nitrogens with zero attached hydrogens (tertiary/aromatic N) is 1. The van der Waals surface area contributed by atoms with Crippen molar-refractivity contribution < 1.29 is 9.47 Å². The molecule has 0 unspecified atom stereocenters. The molecule has 34 heavy (non-hydrogen) atoms. The van der Waals surface area contributed by atoms with Gasteiger partial charge < -0.3 is 9.47 Å². The van der Waals surface area contributed by atoms with E-state index in [2.05, 4.69) is 77.7 Å². The lowest BCUT2D eigenvalue weighted by atomic mass is 9.87. The minimum Gasteiger partial charge on any atom is -0.493 e. The highest BCUT2D eigenvalue weighted by Gasteiger charge is 2.30. The van der Waals surface area contributed by atoms with Gasteiger partial charge >= 0.3 is 0 Å². The molecule has 1 aliphatic heterocycles. The van der Waals surface area contributed by atoms with Crippen molar-refractivity contribution in [2.24, 2.45) is 0 Å². The Morgan fingerprint density at radius 1 is 0.794 bits per heavy atom. The lowest BCUT2D eigenvalue weighted by molar-refractivity contribution is 0.203. The van der Waals surface area contributed by atoms with Crippen LogP contribution in [0.3, 0.4) is 0 Å². The van der Waals surface area contributed by atoms with Gasteiger partial charge in [0.25, 0.3) is 0 Å². The van der Waals surface area contributed by atoms with Crippen LogP contribution in [0.5, 0.6) is 11.5 Å². The molecule has 0 aromatic heterocycles. The van der Waals surface area contributed by atoms with Crippen LogP contribution in [0.4, 0.5) is 0 Å². The number of halogens is 1. The Kier molecular flexibility index (Phi) is 6.57. The first-order valence-corrected chi connectivity index (χ1v) is 11.9. The third kappa shape index (κ3) is 4.54. The van der Waals surface area contributed by atoms with Crippen LogP contribution in [0.25, 0.3) is 11.1 Å². The van der Waals surface area contributed by atoms with Crippen LogP contribution in [0.1, 0.15) is 28.3 Å². The average Bonchev–Trinajstić information content (AvgIpc) is 2.88. The molecule has 0 saturated heterocycles. The van der Waals surface area contributed by atoms with E-state index < -0.39 is 0 Å². The normalized spacial score (nSPS) is 15.6. The van der Waals surface area contributed by atoms with Gasteiger partial charge in [-0.05, 0) is 64.1 Å². The molecule has 0 amide bonds. The van der Waals surface area contributed by atoms with Crippen molar-refractivity contribution in [3.63, 3.8) is 0 Å². The molecule has 0 saturated carbocycles. The van der Waals surface area contributed by atoms with Gasteiger partial charge in [-0.2, -0.15) is 0 Å². The number of hydrogen-bond donors (Lipinski definition) is 0. The highest BCUT2D eigenvalue weighted by molar-refractivity contribution is 6.30. The molecule has 5 rings (SSSR count). The van der Waals surface area contributed by atoms with E-state index in [1.807, 2.05) is 18.2 Å². The molecule has 3 nitrogen and oxygen atoms in total. The van der Waals surface area contributed by atoms with Gasteiger partial charge in [-0.25, -0.2) is 0 Å². The van der Waals surface area contributed by atoms with Crippen molar-refractivity contribution in [2.45, 2.75) is 19.0 Å². The summed E-state index contributed by atoms with van der Waals surface area (Å²) in [6.07, 6.45) is 0.953. The molecule has 4 aromatic carbocycles. The van der Waals surface area contributed by atoms with Gasteiger partial charge in [-0.3, -0.25) is 4.90 Å². The quantitative estimate of drug-likeness (QED) is 0.298. The van der Waals surface area contributed by atoms with Gasteiger partial charge in [0.15, 0.2) is 11.5 Å². The Labute approximate surface area is 206 Å². The minimum atomic E-state index is 0.0797. The molecule has 4 aromatic rings. The minimum absolute atomic E-state index is 0.0797. The Balaban J connectivity index is 1.50. The smallest absolute Gasteiger partial charge is 0.161 e. The van der Waals surface area contributed by atoms with Crippen LogP contribution < -0.4 is 9.47 Å². The molecule has 0 radical (unpaired) electrons. The number of rotatable bonds is 6. The van der Waals surface area contributed by atoms with Crippen LogP contribution >= 0.6 is 11.6 Å². The molecule has 1 atom stereocenters. The van der Waals surface area contributed by atoms with Gasteiger partial charge in [0.05, 0.1) is 20.3 Å². The second kappa shape index (κ2) is 9.92. The fourth-order valence-electron chi connectivity index (χ4n) is 4.90. The average molecular weight is 470 g/mol. The number of ether oxygens (including phenoxy) is 2. The van der Waals surface area contributed by atoms with E-state index >= 15 is 0 Å². The summed E-state index contributed by atoms with van der Waals surface area (Å²) in [5.74, 6) is 1.53. The number of hydrogen-bond acceptors (Lipinski definition) is 3. The lowest BCUT2D eigenvalue weighted by Crippen LogP contribution is -2.35. The molecule has 0 bridgehead atoms. The highest BCUT2D eigenvalue weighted by Crippen LogP contribution is 2.42. The van der Waals surface area contributed by atoms with Gasteiger partial charge in [-0.15, -0.1) is 0 Å². The Morgan fingerprint density at radius 2 is 1.50 bits per heavy atom. The molecular weight excluding hydrogens is 442 g/mol. The van der Waals surface area contributed by atoms with Crippen molar-refractivity contribution in [3.05, 3.63) is 118 Å². The molecule has 0 aliphatic carbocycles. The summed E-state index contributed by atoms with van der Waals surface area (Å²) in [4.78, 5) is 2.53. The molecule has 0 N–H and O–H groups in total. The number of benzene rings is 4. The second-order valence-corrected chi connectivity index (χ2v) is 9.08. The standard InChI is InChI=1S/C30H28ClNO2/c1-33-28-18-24-15-16-32(20-21-11-13-23(14-12-21)22-7-4-3-5-8-22)30(27(24)19-29(28)34-2)25-9-6-10-26(31)17-25/h3-14,17-19,30H,15-16,20H2,1-2H3/t30-/m1/s1. The molecule has 4 heteroatoms. The SMILES string of the molecule is COc1cc2c(cc1OC)[C@@H](c1cccc(Cl)c1)N(Cc1ccc(-c3ccccc3)cc1)CC2. The summed E-state index contributed by atoms with van der Waals surface area (Å²) >= 11 is 6.42. The van der Waals surface area contributed by atoms with Crippen LogP contribution in [0, 0.1) is 0 Å². The van der Waals surface area contributed by atoms with E-state index in [1.54, 1.807) is 14.2 Å². The monoisotopic (exact) mass is 469 g/mol. The van der Waals surface area contributed by atoms with E-state index in [1.165, 1.54) is 33.4 Å². The Hall–Kier alpha value is -3.27. The van der Waals surface area contributed by atoms with Crippen LogP contribution in [-0.2, 0) is 13.0 Å². The van der Waals surface area contributed by atoms with Gasteiger partial charge in [0.2, 0.25) is 0 Å². The van der Waals surface area contributed by atoms with Gasteiger partial charge in [-0.1, -0.05) is 78.3 Å². The third-order valence-electron chi connectivity index (χ3n) is 6.58.